The second-order valence-corrected chi connectivity index (χ2v) is 6.28. The molecule has 19 heavy (non-hydrogen) atoms. The number of rotatable bonds is 5. The van der Waals surface area contributed by atoms with E-state index in [9.17, 15) is 4.79 Å². The zero-order chi connectivity index (χ0) is 13.7. The van der Waals surface area contributed by atoms with Gasteiger partial charge in [0.15, 0.2) is 0 Å². The van der Waals surface area contributed by atoms with Crippen LogP contribution in [0.15, 0.2) is 29.2 Å². The molecule has 1 aromatic carbocycles. The summed E-state index contributed by atoms with van der Waals surface area (Å²) in [6.07, 6.45) is 4.72. The highest BCUT2D eigenvalue weighted by atomic mass is 32.2. The number of carbonyl (C=O) groups excluding carboxylic acids is 1. The first-order chi connectivity index (χ1) is 9.20. The Morgan fingerprint density at radius 2 is 2.05 bits per heavy atom. The van der Waals surface area contributed by atoms with Crippen LogP contribution >= 0.6 is 11.8 Å². The predicted octanol–water partition coefficient (Wildman–Crippen LogP) is 3.23. The zero-order valence-electron chi connectivity index (χ0n) is 11.5. The fourth-order valence-electron chi connectivity index (χ4n) is 2.35. The summed E-state index contributed by atoms with van der Waals surface area (Å²) < 4.78 is 5.31. The van der Waals surface area contributed by atoms with Crippen LogP contribution in [0.5, 0.6) is 5.75 Å². The number of hydrogen-bond donors (Lipinski definition) is 1. The zero-order valence-corrected chi connectivity index (χ0v) is 12.3. The number of hydrogen-bond acceptors (Lipinski definition) is 3. The molecule has 4 heteroatoms. The Morgan fingerprint density at radius 1 is 1.37 bits per heavy atom. The van der Waals surface area contributed by atoms with Gasteiger partial charge in [0.05, 0.1) is 17.3 Å². The molecule has 0 radical (unpaired) electrons. The lowest BCUT2D eigenvalue weighted by molar-refractivity contribution is -0.120. The first-order valence-corrected chi connectivity index (χ1v) is 7.68. The molecule has 0 aromatic heterocycles. The highest BCUT2D eigenvalue weighted by molar-refractivity contribution is 8.00. The molecule has 0 aliphatic heterocycles. The van der Waals surface area contributed by atoms with E-state index < -0.39 is 0 Å². The molecule has 2 rings (SSSR count). The maximum atomic E-state index is 12.1. The SMILES string of the molecule is COc1ccccc1S[C@H](C)C(=O)NC1CCCC1. The van der Waals surface area contributed by atoms with Gasteiger partial charge < -0.3 is 10.1 Å². The van der Waals surface area contributed by atoms with Gasteiger partial charge in [0.25, 0.3) is 0 Å². The molecule has 0 spiro atoms. The van der Waals surface area contributed by atoms with Crippen LogP contribution in [0.4, 0.5) is 0 Å². The van der Waals surface area contributed by atoms with Gasteiger partial charge in [-0.25, -0.2) is 0 Å². The summed E-state index contributed by atoms with van der Waals surface area (Å²) >= 11 is 1.55. The first-order valence-electron chi connectivity index (χ1n) is 6.80. The lowest BCUT2D eigenvalue weighted by Gasteiger charge is -2.17. The van der Waals surface area contributed by atoms with Gasteiger partial charge in [-0.2, -0.15) is 0 Å². The molecule has 104 valence electrons. The largest absolute Gasteiger partial charge is 0.496 e. The average molecular weight is 279 g/mol. The second-order valence-electron chi connectivity index (χ2n) is 4.90. The summed E-state index contributed by atoms with van der Waals surface area (Å²) in [6, 6.07) is 8.19. The van der Waals surface area contributed by atoms with E-state index in [2.05, 4.69) is 5.32 Å². The van der Waals surface area contributed by atoms with Crippen molar-refractivity contribution in [1.82, 2.24) is 5.32 Å². The van der Waals surface area contributed by atoms with Crippen LogP contribution in [-0.2, 0) is 4.79 Å². The quantitative estimate of drug-likeness (QED) is 0.841. The van der Waals surface area contributed by atoms with Crippen molar-refractivity contribution in [2.45, 2.75) is 48.8 Å². The smallest absolute Gasteiger partial charge is 0.233 e. The number of para-hydroxylation sites is 1. The Balaban J connectivity index is 1.92. The van der Waals surface area contributed by atoms with E-state index >= 15 is 0 Å². The van der Waals surface area contributed by atoms with Gasteiger partial charge in [0, 0.05) is 6.04 Å². The number of thioether (sulfide) groups is 1. The van der Waals surface area contributed by atoms with Crippen molar-refractivity contribution in [3.8, 4) is 5.75 Å². The van der Waals surface area contributed by atoms with E-state index in [0.717, 1.165) is 23.5 Å². The summed E-state index contributed by atoms with van der Waals surface area (Å²) in [5.41, 5.74) is 0. The Morgan fingerprint density at radius 3 is 2.74 bits per heavy atom. The number of benzene rings is 1. The highest BCUT2D eigenvalue weighted by Gasteiger charge is 2.21. The van der Waals surface area contributed by atoms with Crippen molar-refractivity contribution >= 4 is 17.7 Å². The Hall–Kier alpha value is -1.16. The molecule has 1 aliphatic rings. The Kier molecular flexibility index (Phi) is 5.14. The summed E-state index contributed by atoms with van der Waals surface area (Å²) in [6.45, 7) is 1.95. The van der Waals surface area contributed by atoms with Gasteiger partial charge in [-0.15, -0.1) is 11.8 Å². The molecule has 0 saturated heterocycles. The molecule has 1 saturated carbocycles. The van der Waals surface area contributed by atoms with Crippen LogP contribution in [0.25, 0.3) is 0 Å². The maximum absolute atomic E-state index is 12.1. The highest BCUT2D eigenvalue weighted by Crippen LogP contribution is 2.32. The van der Waals surface area contributed by atoms with Crippen molar-refractivity contribution in [2.75, 3.05) is 7.11 Å². The topological polar surface area (TPSA) is 38.3 Å². The lowest BCUT2D eigenvalue weighted by atomic mass is 10.2. The van der Waals surface area contributed by atoms with Crippen LogP contribution in [0, 0.1) is 0 Å². The van der Waals surface area contributed by atoms with Crippen LogP contribution < -0.4 is 10.1 Å². The Bertz CT molecular complexity index is 430. The van der Waals surface area contributed by atoms with Gasteiger partial charge >= 0.3 is 0 Å². The van der Waals surface area contributed by atoms with Gasteiger partial charge in [0.2, 0.25) is 5.91 Å². The van der Waals surface area contributed by atoms with Gasteiger partial charge in [-0.3, -0.25) is 4.79 Å². The standard InChI is InChI=1S/C15H21NO2S/c1-11(15(17)16-12-7-3-4-8-12)19-14-10-6-5-9-13(14)18-2/h5-6,9-12H,3-4,7-8H2,1-2H3,(H,16,17)/t11-/m1/s1. The molecule has 1 atom stereocenters. The van der Waals surface area contributed by atoms with Gasteiger partial charge in [0.1, 0.15) is 5.75 Å². The molecule has 0 bridgehead atoms. The summed E-state index contributed by atoms with van der Waals surface area (Å²) in [5, 5.41) is 3.04. The normalized spacial score (nSPS) is 17.2. The van der Waals surface area contributed by atoms with Crippen molar-refractivity contribution in [3.63, 3.8) is 0 Å². The van der Waals surface area contributed by atoms with Crippen molar-refractivity contribution < 1.29 is 9.53 Å². The molecular weight excluding hydrogens is 258 g/mol. The third-order valence-corrected chi connectivity index (χ3v) is 4.60. The minimum Gasteiger partial charge on any atom is -0.496 e. The Labute approximate surface area is 119 Å². The van der Waals surface area contributed by atoms with E-state index in [1.165, 1.54) is 12.8 Å². The molecule has 1 fully saturated rings. The number of nitrogens with one attached hydrogen (secondary N) is 1. The average Bonchev–Trinajstić information content (AvgIpc) is 2.92. The molecular formula is C15H21NO2S. The first kappa shape index (κ1) is 14.3. The van der Waals surface area contributed by atoms with E-state index in [1.54, 1.807) is 18.9 Å². The molecule has 0 heterocycles. The predicted molar refractivity (Wildman–Crippen MR) is 78.7 cm³/mol. The van der Waals surface area contributed by atoms with Crippen LogP contribution in [-0.4, -0.2) is 24.3 Å². The van der Waals surface area contributed by atoms with Crippen LogP contribution in [0.1, 0.15) is 32.6 Å². The van der Waals surface area contributed by atoms with E-state index in [4.69, 9.17) is 4.74 Å². The molecule has 1 N–H and O–H groups in total. The lowest BCUT2D eigenvalue weighted by Crippen LogP contribution is -2.37. The third-order valence-electron chi connectivity index (χ3n) is 3.44. The van der Waals surface area contributed by atoms with E-state index in [1.807, 2.05) is 31.2 Å². The van der Waals surface area contributed by atoms with Crippen LogP contribution in [0.2, 0.25) is 0 Å². The fraction of sp³-hybridized carbons (Fsp3) is 0.533. The van der Waals surface area contributed by atoms with Gasteiger partial charge in [-0.05, 0) is 31.9 Å². The fourth-order valence-corrected chi connectivity index (χ4v) is 3.33. The van der Waals surface area contributed by atoms with E-state index in [0.29, 0.717) is 6.04 Å². The molecule has 1 amide bonds. The van der Waals surface area contributed by atoms with Gasteiger partial charge in [-0.1, -0.05) is 25.0 Å². The molecule has 1 aliphatic carbocycles. The van der Waals surface area contributed by atoms with E-state index in [-0.39, 0.29) is 11.2 Å². The summed E-state index contributed by atoms with van der Waals surface area (Å²) in [7, 11) is 1.66. The maximum Gasteiger partial charge on any atom is 0.233 e. The summed E-state index contributed by atoms with van der Waals surface area (Å²) in [4.78, 5) is 13.1. The van der Waals surface area contributed by atoms with Crippen molar-refractivity contribution in [1.29, 1.82) is 0 Å². The number of amides is 1. The molecule has 0 unspecified atom stereocenters. The minimum atomic E-state index is -0.100. The monoisotopic (exact) mass is 279 g/mol. The number of ether oxygens (including phenoxy) is 1. The second kappa shape index (κ2) is 6.85. The number of carbonyl (C=O) groups is 1. The third kappa shape index (κ3) is 3.90. The number of methoxy groups -OCH3 is 1. The van der Waals surface area contributed by atoms with Crippen LogP contribution in [0.3, 0.4) is 0 Å². The molecule has 1 aromatic rings. The van der Waals surface area contributed by atoms with Crippen molar-refractivity contribution in [2.24, 2.45) is 0 Å². The molecule has 3 nitrogen and oxygen atoms in total. The van der Waals surface area contributed by atoms with Crippen molar-refractivity contribution in [3.05, 3.63) is 24.3 Å². The minimum absolute atomic E-state index is 0.100. The summed E-state index contributed by atoms with van der Waals surface area (Å²) in [5.74, 6) is 0.954.